The fourth-order valence-corrected chi connectivity index (χ4v) is 4.67. The summed E-state index contributed by atoms with van der Waals surface area (Å²) in [5, 5.41) is 0.744. The summed E-state index contributed by atoms with van der Waals surface area (Å²) in [5.41, 5.74) is 4.66. The molecule has 0 radical (unpaired) electrons. The summed E-state index contributed by atoms with van der Waals surface area (Å²) in [5.74, 6) is 0. The Hall–Kier alpha value is -2.20. The molecule has 0 fully saturated rings. The van der Waals surface area contributed by atoms with Gasteiger partial charge in [0.25, 0.3) is 0 Å². The summed E-state index contributed by atoms with van der Waals surface area (Å²) >= 11 is 13.6. The SMILES string of the molecule is S=c1sc(-c2ccccc2)c(-c2ccccc2)n1Cc1cccc(Cl)c1. The van der Waals surface area contributed by atoms with E-state index < -0.39 is 0 Å². The Morgan fingerprint density at radius 3 is 2.12 bits per heavy atom. The highest BCUT2D eigenvalue weighted by Crippen LogP contribution is 2.38. The predicted octanol–water partition coefficient (Wildman–Crippen LogP) is 7.31. The van der Waals surface area contributed by atoms with Crippen LogP contribution in [-0.2, 0) is 6.54 Å². The molecule has 4 aromatic rings. The molecule has 26 heavy (non-hydrogen) atoms. The molecule has 128 valence electrons. The Kier molecular flexibility index (Phi) is 5.02. The number of hydrogen-bond donors (Lipinski definition) is 0. The van der Waals surface area contributed by atoms with E-state index in [0.717, 1.165) is 20.2 Å². The number of hydrogen-bond acceptors (Lipinski definition) is 2. The number of aromatic nitrogens is 1. The van der Waals surface area contributed by atoms with Crippen LogP contribution in [0.25, 0.3) is 21.7 Å². The first-order chi connectivity index (χ1) is 12.7. The van der Waals surface area contributed by atoms with Crippen molar-refractivity contribution in [2.45, 2.75) is 6.54 Å². The van der Waals surface area contributed by atoms with Crippen LogP contribution in [0.4, 0.5) is 0 Å². The summed E-state index contributed by atoms with van der Waals surface area (Å²) in [6.45, 7) is 0.701. The maximum atomic E-state index is 6.18. The largest absolute Gasteiger partial charge is 0.318 e. The molecule has 0 amide bonds. The van der Waals surface area contributed by atoms with Crippen LogP contribution in [0, 0.1) is 3.95 Å². The lowest BCUT2D eigenvalue weighted by atomic mass is 10.1. The van der Waals surface area contributed by atoms with Crippen molar-refractivity contribution in [1.82, 2.24) is 4.57 Å². The van der Waals surface area contributed by atoms with Crippen molar-refractivity contribution in [3.05, 3.63) is 99.5 Å². The number of thiazole rings is 1. The molecule has 0 saturated carbocycles. The molecule has 0 unspecified atom stereocenters. The number of benzene rings is 3. The van der Waals surface area contributed by atoms with E-state index in [1.807, 2.05) is 30.3 Å². The Morgan fingerprint density at radius 1 is 0.808 bits per heavy atom. The third kappa shape index (κ3) is 3.51. The minimum absolute atomic E-state index is 0.701. The molecule has 0 spiro atoms. The van der Waals surface area contributed by atoms with Gasteiger partial charge in [-0.15, -0.1) is 11.3 Å². The van der Waals surface area contributed by atoms with E-state index in [9.17, 15) is 0 Å². The number of nitrogens with zero attached hydrogens (tertiary/aromatic N) is 1. The molecule has 4 rings (SSSR count). The predicted molar refractivity (Wildman–Crippen MR) is 115 cm³/mol. The van der Waals surface area contributed by atoms with Crippen molar-refractivity contribution in [2.75, 3.05) is 0 Å². The first kappa shape index (κ1) is 17.2. The monoisotopic (exact) mass is 393 g/mol. The molecule has 0 aliphatic carbocycles. The molecule has 0 atom stereocenters. The molecule has 3 aromatic carbocycles. The van der Waals surface area contributed by atoms with Crippen molar-refractivity contribution in [2.24, 2.45) is 0 Å². The highest BCUT2D eigenvalue weighted by molar-refractivity contribution is 7.73. The summed E-state index contributed by atoms with van der Waals surface area (Å²) < 4.78 is 3.08. The number of rotatable bonds is 4. The molecule has 0 bridgehead atoms. The zero-order valence-corrected chi connectivity index (χ0v) is 16.3. The van der Waals surface area contributed by atoms with Crippen LogP contribution in [0.2, 0.25) is 5.02 Å². The lowest BCUT2D eigenvalue weighted by Crippen LogP contribution is -2.02. The third-order valence-electron chi connectivity index (χ3n) is 4.21. The molecule has 1 heterocycles. The van der Waals surface area contributed by atoms with Crippen LogP contribution in [0.1, 0.15) is 5.56 Å². The Bertz CT molecular complexity index is 1080. The highest BCUT2D eigenvalue weighted by Gasteiger charge is 2.16. The van der Waals surface area contributed by atoms with Gasteiger partial charge in [0.1, 0.15) is 0 Å². The fraction of sp³-hybridized carbons (Fsp3) is 0.0455. The lowest BCUT2D eigenvalue weighted by Gasteiger charge is -2.12. The van der Waals surface area contributed by atoms with Gasteiger partial charge < -0.3 is 4.57 Å². The first-order valence-electron chi connectivity index (χ1n) is 8.31. The van der Waals surface area contributed by atoms with Crippen molar-refractivity contribution < 1.29 is 0 Å². The van der Waals surface area contributed by atoms with Crippen LogP contribution >= 0.6 is 35.2 Å². The van der Waals surface area contributed by atoms with Gasteiger partial charge in [0.2, 0.25) is 0 Å². The summed E-state index contributed by atoms with van der Waals surface area (Å²) in [7, 11) is 0. The Labute approximate surface area is 167 Å². The minimum Gasteiger partial charge on any atom is -0.318 e. The van der Waals surface area contributed by atoms with Crippen LogP contribution in [0.5, 0.6) is 0 Å². The van der Waals surface area contributed by atoms with Gasteiger partial charge in [-0.3, -0.25) is 0 Å². The Morgan fingerprint density at radius 2 is 1.46 bits per heavy atom. The minimum atomic E-state index is 0.701. The average molecular weight is 394 g/mol. The smallest absolute Gasteiger partial charge is 0.162 e. The van der Waals surface area contributed by atoms with E-state index in [1.54, 1.807) is 11.3 Å². The van der Waals surface area contributed by atoms with E-state index in [0.29, 0.717) is 6.54 Å². The summed E-state index contributed by atoms with van der Waals surface area (Å²) in [4.78, 5) is 1.20. The molecule has 1 nitrogen and oxygen atoms in total. The van der Waals surface area contributed by atoms with Crippen molar-refractivity contribution in [1.29, 1.82) is 0 Å². The van der Waals surface area contributed by atoms with E-state index in [4.69, 9.17) is 23.8 Å². The second-order valence-corrected chi connectivity index (χ2v) is 8.07. The van der Waals surface area contributed by atoms with E-state index in [2.05, 4.69) is 59.2 Å². The zero-order chi connectivity index (χ0) is 17.9. The molecule has 0 N–H and O–H groups in total. The molecular weight excluding hydrogens is 378 g/mol. The van der Waals surface area contributed by atoms with Gasteiger partial charge in [0.05, 0.1) is 10.6 Å². The van der Waals surface area contributed by atoms with Crippen LogP contribution in [0.3, 0.4) is 0 Å². The van der Waals surface area contributed by atoms with Crippen molar-refractivity contribution in [3.8, 4) is 21.7 Å². The van der Waals surface area contributed by atoms with E-state index in [-0.39, 0.29) is 0 Å². The van der Waals surface area contributed by atoms with Crippen molar-refractivity contribution in [3.63, 3.8) is 0 Å². The van der Waals surface area contributed by atoms with Gasteiger partial charge in [-0.25, -0.2) is 0 Å². The third-order valence-corrected chi connectivity index (χ3v) is 5.94. The lowest BCUT2D eigenvalue weighted by molar-refractivity contribution is 0.809. The highest BCUT2D eigenvalue weighted by atomic mass is 35.5. The average Bonchev–Trinajstić information content (AvgIpc) is 3.00. The summed E-state index contributed by atoms with van der Waals surface area (Å²) in [6.07, 6.45) is 0. The molecule has 0 saturated heterocycles. The number of halogens is 1. The maximum Gasteiger partial charge on any atom is 0.162 e. The topological polar surface area (TPSA) is 4.93 Å². The van der Waals surface area contributed by atoms with Gasteiger partial charge in [0.15, 0.2) is 3.95 Å². The van der Waals surface area contributed by atoms with Gasteiger partial charge in [-0.05, 0) is 41.0 Å². The van der Waals surface area contributed by atoms with Crippen LogP contribution < -0.4 is 0 Å². The van der Waals surface area contributed by atoms with E-state index >= 15 is 0 Å². The quantitative estimate of drug-likeness (QED) is 0.329. The van der Waals surface area contributed by atoms with Crippen molar-refractivity contribution >= 4 is 35.2 Å². The first-order valence-corrected chi connectivity index (χ1v) is 9.91. The van der Waals surface area contributed by atoms with Gasteiger partial charge >= 0.3 is 0 Å². The fourth-order valence-electron chi connectivity index (χ4n) is 3.03. The van der Waals surface area contributed by atoms with E-state index in [1.165, 1.54) is 16.0 Å². The van der Waals surface area contributed by atoms with Crippen LogP contribution in [0.15, 0.2) is 84.9 Å². The second kappa shape index (κ2) is 7.58. The zero-order valence-electron chi connectivity index (χ0n) is 13.9. The molecule has 0 aliphatic rings. The van der Waals surface area contributed by atoms with Crippen LogP contribution in [-0.4, -0.2) is 4.57 Å². The normalized spacial score (nSPS) is 10.8. The molecular formula is C22H16ClNS2. The second-order valence-electron chi connectivity index (χ2n) is 5.99. The maximum absolute atomic E-state index is 6.18. The summed E-state index contributed by atoms with van der Waals surface area (Å²) in [6, 6.07) is 28.8. The van der Waals surface area contributed by atoms with Gasteiger partial charge in [-0.1, -0.05) is 84.4 Å². The Balaban J connectivity index is 1.91. The van der Waals surface area contributed by atoms with Gasteiger partial charge in [0, 0.05) is 11.6 Å². The molecule has 4 heteroatoms. The van der Waals surface area contributed by atoms with Gasteiger partial charge in [-0.2, -0.15) is 0 Å². The molecule has 0 aliphatic heterocycles. The standard InChI is InChI=1S/C22H16ClNS2/c23-19-13-7-8-16(14-19)15-24-20(17-9-3-1-4-10-17)21(26-22(24)25)18-11-5-2-6-12-18/h1-14H,15H2. The molecule has 1 aromatic heterocycles.